The molecule has 2 unspecified atom stereocenters. The molecule has 1 aromatic heterocycles. The summed E-state index contributed by atoms with van der Waals surface area (Å²) in [5.74, 6) is -3.45. The van der Waals surface area contributed by atoms with E-state index in [0.29, 0.717) is 5.69 Å². The van der Waals surface area contributed by atoms with Gasteiger partial charge in [0, 0.05) is 28.8 Å². The predicted octanol–water partition coefficient (Wildman–Crippen LogP) is 3.91. The quantitative estimate of drug-likeness (QED) is 0.507. The molecule has 4 aliphatic rings. The molecule has 0 amide bonds. The minimum atomic E-state index is -2.29. The molecule has 9 atom stereocenters. The summed E-state index contributed by atoms with van der Waals surface area (Å²) < 4.78 is 33.1. The first kappa shape index (κ1) is 26.2. The number of allylic oxidation sites excluding steroid dienone is 4. The number of rotatable bonds is 4. The summed E-state index contributed by atoms with van der Waals surface area (Å²) in [6.45, 7) is 2.52. The zero-order valence-electron chi connectivity index (χ0n) is 21.8. The minimum absolute atomic E-state index is 0.0301. The number of hydroxylamine groups is 1. The topological polar surface area (TPSA) is 111 Å². The number of nitrogens with zero attached hydrogens (tertiary/aromatic N) is 2. The second-order valence-electron chi connectivity index (χ2n) is 12.1. The van der Waals surface area contributed by atoms with Crippen LogP contribution in [0.4, 0.5) is 14.5 Å². The van der Waals surface area contributed by atoms with Gasteiger partial charge in [0.05, 0.1) is 23.3 Å². The summed E-state index contributed by atoms with van der Waals surface area (Å²) in [6, 6.07) is 7.94. The number of pyridine rings is 1. The Labute approximate surface area is 224 Å². The minimum Gasteiger partial charge on any atom is -0.390 e. The van der Waals surface area contributed by atoms with E-state index >= 15 is 8.78 Å². The van der Waals surface area contributed by atoms with Gasteiger partial charge in [0.15, 0.2) is 17.2 Å². The number of halogens is 2. The molecular formula is C30H32F2N2O5. The third-order valence-electron chi connectivity index (χ3n) is 10.3. The smallest absolute Gasteiger partial charge is 0.178 e. The molecule has 6 rings (SSSR count). The van der Waals surface area contributed by atoms with Gasteiger partial charge in [-0.15, -0.1) is 0 Å². The second-order valence-corrected chi connectivity index (χ2v) is 12.1. The normalized spacial score (nSPS) is 41.0. The van der Waals surface area contributed by atoms with Crippen LogP contribution in [0, 0.1) is 28.6 Å². The number of benzene rings is 1. The molecule has 3 fully saturated rings. The van der Waals surface area contributed by atoms with E-state index in [1.54, 1.807) is 37.4 Å². The zero-order chi connectivity index (χ0) is 27.9. The molecule has 0 saturated heterocycles. The highest BCUT2D eigenvalue weighted by atomic mass is 19.1. The van der Waals surface area contributed by atoms with Crippen molar-refractivity contribution < 1.29 is 33.8 Å². The number of hydrogen-bond donors (Lipinski definition) is 3. The Morgan fingerprint density at radius 3 is 2.72 bits per heavy atom. The molecule has 39 heavy (non-hydrogen) atoms. The number of aromatic nitrogens is 1. The average Bonchev–Trinajstić information content (AvgIpc) is 3.22. The number of alkyl halides is 2. The van der Waals surface area contributed by atoms with Gasteiger partial charge in [-0.25, -0.2) is 8.78 Å². The maximum atomic E-state index is 17.4. The lowest BCUT2D eigenvalue weighted by Gasteiger charge is -2.62. The molecule has 4 aliphatic carbocycles. The van der Waals surface area contributed by atoms with Gasteiger partial charge >= 0.3 is 0 Å². The number of anilines is 1. The first-order valence-electron chi connectivity index (χ1n) is 13.4. The van der Waals surface area contributed by atoms with E-state index in [9.17, 15) is 25.0 Å². The van der Waals surface area contributed by atoms with E-state index in [4.69, 9.17) is 0 Å². The van der Waals surface area contributed by atoms with Gasteiger partial charge in [0.2, 0.25) is 0 Å². The highest BCUT2D eigenvalue weighted by molar-refractivity contribution is 6.01. The number of carbonyl (C=O) groups excluding carboxylic acids is 2. The van der Waals surface area contributed by atoms with Crippen molar-refractivity contribution in [1.82, 2.24) is 4.98 Å². The molecule has 206 valence electrons. The number of fused-ring (bicyclic) bond motifs is 6. The van der Waals surface area contributed by atoms with Crippen LogP contribution in [0.3, 0.4) is 0 Å². The lowest BCUT2D eigenvalue weighted by molar-refractivity contribution is -0.202. The molecular weight excluding hydrogens is 506 g/mol. The molecule has 3 saturated carbocycles. The fourth-order valence-corrected chi connectivity index (χ4v) is 8.54. The first-order valence-corrected chi connectivity index (χ1v) is 13.4. The Morgan fingerprint density at radius 1 is 1.21 bits per heavy atom. The zero-order valence-corrected chi connectivity index (χ0v) is 21.8. The molecule has 0 bridgehead atoms. The molecule has 2 aromatic rings. The number of hydrogen-bond acceptors (Lipinski definition) is 7. The number of aliphatic hydroxyl groups is 2. The number of carbonyl (C=O) groups is 2. The Kier molecular flexibility index (Phi) is 5.88. The molecule has 0 radical (unpaired) electrons. The van der Waals surface area contributed by atoms with Gasteiger partial charge in [-0.3, -0.25) is 24.8 Å². The lowest BCUT2D eigenvalue weighted by Crippen LogP contribution is -2.68. The molecule has 0 aliphatic heterocycles. The fraction of sp³-hybridized carbons (Fsp3) is 0.500. The number of aliphatic hydroxyl groups excluding tert-OH is 2. The van der Waals surface area contributed by atoms with Crippen LogP contribution in [-0.4, -0.2) is 62.6 Å². The Bertz CT molecular complexity index is 1430. The summed E-state index contributed by atoms with van der Waals surface area (Å²) >= 11 is 0. The summed E-state index contributed by atoms with van der Waals surface area (Å²) in [7, 11) is 0. The van der Waals surface area contributed by atoms with Crippen LogP contribution in [0.5, 0.6) is 0 Å². The molecule has 3 N–H and O–H groups in total. The van der Waals surface area contributed by atoms with Gasteiger partial charge in [-0.05, 0) is 79.5 Å². The van der Waals surface area contributed by atoms with E-state index < -0.39 is 70.7 Å². The number of Topliss-reactive ketones (excluding diaryl/α,β-unsaturated/α-hetero) is 1. The van der Waals surface area contributed by atoms with Crippen LogP contribution in [0.2, 0.25) is 0 Å². The summed E-state index contributed by atoms with van der Waals surface area (Å²) in [4.78, 5) is 29.6. The highest BCUT2D eigenvalue weighted by Gasteiger charge is 2.73. The van der Waals surface area contributed by atoms with Crippen molar-refractivity contribution in [3.63, 3.8) is 0 Å². The predicted molar refractivity (Wildman–Crippen MR) is 139 cm³/mol. The van der Waals surface area contributed by atoms with Gasteiger partial charge in [0.25, 0.3) is 0 Å². The fourth-order valence-electron chi connectivity index (χ4n) is 8.54. The lowest BCUT2D eigenvalue weighted by atomic mass is 9.45. The molecule has 7 nitrogen and oxygen atoms in total. The third-order valence-corrected chi connectivity index (χ3v) is 10.3. The van der Waals surface area contributed by atoms with Crippen molar-refractivity contribution in [3.05, 3.63) is 60.3 Å². The molecule has 1 heterocycles. The van der Waals surface area contributed by atoms with Crippen LogP contribution in [0.1, 0.15) is 33.1 Å². The van der Waals surface area contributed by atoms with E-state index in [1.165, 1.54) is 19.1 Å². The maximum Gasteiger partial charge on any atom is 0.178 e. The Balaban J connectivity index is 1.44. The summed E-state index contributed by atoms with van der Waals surface area (Å²) in [6.07, 6.45) is 2.02. The van der Waals surface area contributed by atoms with Gasteiger partial charge in [-0.1, -0.05) is 19.1 Å². The average molecular weight is 539 g/mol. The molecule has 9 heteroatoms. The standard InChI is InChI=1S/C30H32F2N2O5/c1-28-14-26(38)30(32)20(12-22(31)21-11-18(36)7-8-29(21,30)2)19(28)13-24(27(28)25(37)15-35)34(39)17-5-6-23-16(10-17)4-3-9-33-23/h3-11,19-20,22,24,26-27,35,38-39H,12-15H2,1-2H3/t19?,20-,22-,24?,26-,27+,28-,29-,30-/m0/s1. The maximum absolute atomic E-state index is 17.4. The van der Waals surface area contributed by atoms with Crippen molar-refractivity contribution in [3.8, 4) is 0 Å². The van der Waals surface area contributed by atoms with Crippen molar-refractivity contribution >= 4 is 28.2 Å². The van der Waals surface area contributed by atoms with Crippen molar-refractivity contribution in [2.45, 2.75) is 57.1 Å². The van der Waals surface area contributed by atoms with Crippen LogP contribution in [0.15, 0.2) is 60.3 Å². The molecule has 1 aromatic carbocycles. The van der Waals surface area contributed by atoms with Crippen molar-refractivity contribution in [1.29, 1.82) is 0 Å². The van der Waals surface area contributed by atoms with Crippen molar-refractivity contribution in [2.24, 2.45) is 28.6 Å². The van der Waals surface area contributed by atoms with E-state index in [1.807, 2.05) is 6.07 Å². The SMILES string of the molecule is C[C@]12C[C@H](O)[C@@]3(F)[C@@H](C[C@H](F)C4=CC(=O)C=C[C@@]43C)C1CC(N(O)c1ccc3ncccc3c1)[C@@H]2C(=O)CO. The first-order chi connectivity index (χ1) is 18.5. The van der Waals surface area contributed by atoms with E-state index in [0.717, 1.165) is 22.0 Å². The second kappa shape index (κ2) is 8.74. The van der Waals surface area contributed by atoms with Crippen LogP contribution in [-0.2, 0) is 9.59 Å². The van der Waals surface area contributed by atoms with Crippen molar-refractivity contribution in [2.75, 3.05) is 11.7 Å². The van der Waals surface area contributed by atoms with E-state index in [2.05, 4.69) is 4.98 Å². The van der Waals surface area contributed by atoms with Crippen LogP contribution >= 0.6 is 0 Å². The summed E-state index contributed by atoms with van der Waals surface area (Å²) in [5.41, 5.74) is -3.69. The Hall–Kier alpha value is -3.01. The summed E-state index contributed by atoms with van der Waals surface area (Å²) in [5, 5.41) is 34.7. The van der Waals surface area contributed by atoms with Gasteiger partial charge in [0.1, 0.15) is 12.8 Å². The Morgan fingerprint density at radius 2 is 1.97 bits per heavy atom. The number of ketones is 2. The van der Waals surface area contributed by atoms with E-state index in [-0.39, 0.29) is 24.8 Å². The van der Waals surface area contributed by atoms with Gasteiger partial charge < -0.3 is 10.2 Å². The highest BCUT2D eigenvalue weighted by Crippen LogP contribution is 2.69. The van der Waals surface area contributed by atoms with Crippen LogP contribution in [0.25, 0.3) is 10.9 Å². The monoisotopic (exact) mass is 538 g/mol. The third kappa shape index (κ3) is 3.45. The van der Waals surface area contributed by atoms with Crippen LogP contribution < -0.4 is 5.06 Å². The molecule has 0 spiro atoms. The van der Waals surface area contributed by atoms with Gasteiger partial charge in [-0.2, -0.15) is 0 Å². The largest absolute Gasteiger partial charge is 0.390 e.